The minimum Gasteiger partial charge on any atom is -0.508 e. The molecule has 1 fully saturated rings. The third-order valence-electron chi connectivity index (χ3n) is 3.11. The van der Waals surface area contributed by atoms with Crippen molar-refractivity contribution in [3.8, 4) is 5.75 Å². The molecule has 0 atom stereocenters. The van der Waals surface area contributed by atoms with Gasteiger partial charge >= 0.3 is 0 Å². The van der Waals surface area contributed by atoms with Gasteiger partial charge in [0.15, 0.2) is 0 Å². The Morgan fingerprint density at radius 3 is 2.28 bits per heavy atom. The molecule has 0 aliphatic carbocycles. The van der Waals surface area contributed by atoms with Gasteiger partial charge in [0.05, 0.1) is 0 Å². The highest BCUT2D eigenvalue weighted by Gasteiger charge is 2.23. The SMILES string of the molecule is CC(=O)N1CCN(C(=O)c2cccc(O)c2)CC1. The summed E-state index contributed by atoms with van der Waals surface area (Å²) in [6, 6.07) is 6.32. The first kappa shape index (κ1) is 12.4. The van der Waals surface area contributed by atoms with Crippen LogP contribution in [-0.2, 0) is 4.79 Å². The van der Waals surface area contributed by atoms with Crippen LogP contribution in [0.4, 0.5) is 0 Å². The van der Waals surface area contributed by atoms with E-state index in [-0.39, 0.29) is 17.6 Å². The lowest BCUT2D eigenvalue weighted by Gasteiger charge is -2.34. The summed E-state index contributed by atoms with van der Waals surface area (Å²) in [6.45, 7) is 3.74. The van der Waals surface area contributed by atoms with Crippen LogP contribution in [0, 0.1) is 0 Å². The standard InChI is InChI=1S/C13H16N2O3/c1-10(16)14-5-7-15(8-6-14)13(18)11-3-2-4-12(17)9-11/h2-4,9,17H,5-8H2,1H3. The molecule has 0 radical (unpaired) electrons. The number of piperazine rings is 1. The van der Waals surface area contributed by atoms with Crippen LogP contribution in [0.2, 0.25) is 0 Å². The van der Waals surface area contributed by atoms with Crippen molar-refractivity contribution >= 4 is 11.8 Å². The number of phenolic OH excluding ortho intramolecular Hbond substituents is 1. The Morgan fingerprint density at radius 1 is 1.11 bits per heavy atom. The first-order valence-corrected chi connectivity index (χ1v) is 5.92. The van der Waals surface area contributed by atoms with Gasteiger partial charge in [-0.1, -0.05) is 6.07 Å². The van der Waals surface area contributed by atoms with Gasteiger partial charge in [0.25, 0.3) is 5.91 Å². The molecule has 0 saturated carbocycles. The molecule has 2 rings (SSSR count). The lowest BCUT2D eigenvalue weighted by Crippen LogP contribution is -2.50. The number of benzene rings is 1. The molecular weight excluding hydrogens is 232 g/mol. The maximum atomic E-state index is 12.1. The number of carbonyl (C=O) groups is 2. The van der Waals surface area contributed by atoms with Gasteiger partial charge in [-0.2, -0.15) is 0 Å². The molecule has 1 aliphatic heterocycles. The van der Waals surface area contributed by atoms with Gasteiger partial charge in [0, 0.05) is 38.7 Å². The van der Waals surface area contributed by atoms with Crippen molar-refractivity contribution in [3.05, 3.63) is 29.8 Å². The van der Waals surface area contributed by atoms with Crippen LogP contribution in [0.1, 0.15) is 17.3 Å². The molecule has 1 saturated heterocycles. The van der Waals surface area contributed by atoms with E-state index in [9.17, 15) is 14.7 Å². The first-order valence-electron chi connectivity index (χ1n) is 5.92. The summed E-state index contributed by atoms with van der Waals surface area (Å²) in [4.78, 5) is 26.8. The molecule has 1 heterocycles. The summed E-state index contributed by atoms with van der Waals surface area (Å²) in [5.74, 6) is 0.0248. The number of rotatable bonds is 1. The second-order valence-electron chi connectivity index (χ2n) is 4.35. The zero-order valence-electron chi connectivity index (χ0n) is 10.3. The maximum absolute atomic E-state index is 12.1. The van der Waals surface area contributed by atoms with Gasteiger partial charge in [0.2, 0.25) is 5.91 Å². The molecule has 96 valence electrons. The van der Waals surface area contributed by atoms with Crippen molar-refractivity contribution in [2.75, 3.05) is 26.2 Å². The van der Waals surface area contributed by atoms with E-state index in [1.807, 2.05) is 0 Å². The average Bonchev–Trinajstić information content (AvgIpc) is 2.38. The highest BCUT2D eigenvalue weighted by Crippen LogP contribution is 2.14. The van der Waals surface area contributed by atoms with E-state index < -0.39 is 0 Å². The largest absolute Gasteiger partial charge is 0.508 e. The highest BCUT2D eigenvalue weighted by molar-refractivity contribution is 5.94. The highest BCUT2D eigenvalue weighted by atomic mass is 16.3. The third kappa shape index (κ3) is 2.61. The maximum Gasteiger partial charge on any atom is 0.254 e. The van der Waals surface area contributed by atoms with Gasteiger partial charge in [0.1, 0.15) is 5.75 Å². The minimum atomic E-state index is -0.103. The molecule has 0 bridgehead atoms. The van der Waals surface area contributed by atoms with E-state index in [0.29, 0.717) is 31.7 Å². The van der Waals surface area contributed by atoms with Crippen molar-refractivity contribution in [1.29, 1.82) is 0 Å². The Morgan fingerprint density at radius 2 is 1.72 bits per heavy atom. The molecule has 18 heavy (non-hydrogen) atoms. The van der Waals surface area contributed by atoms with E-state index in [2.05, 4.69) is 0 Å². The van der Waals surface area contributed by atoms with E-state index in [1.165, 1.54) is 19.1 Å². The molecule has 1 aromatic carbocycles. The Labute approximate surface area is 106 Å². The van der Waals surface area contributed by atoms with Gasteiger partial charge in [-0.3, -0.25) is 9.59 Å². The number of amides is 2. The molecule has 5 heteroatoms. The molecule has 2 amide bonds. The average molecular weight is 248 g/mol. The van der Waals surface area contributed by atoms with E-state index in [4.69, 9.17) is 0 Å². The summed E-state index contributed by atoms with van der Waals surface area (Å²) in [6.07, 6.45) is 0. The van der Waals surface area contributed by atoms with Gasteiger partial charge < -0.3 is 14.9 Å². The fourth-order valence-electron chi connectivity index (χ4n) is 2.05. The second kappa shape index (κ2) is 5.08. The van der Waals surface area contributed by atoms with Gasteiger partial charge in [-0.15, -0.1) is 0 Å². The molecule has 5 nitrogen and oxygen atoms in total. The molecule has 1 aromatic rings. The van der Waals surface area contributed by atoms with Gasteiger partial charge in [-0.05, 0) is 18.2 Å². The predicted octanol–water partition coefficient (Wildman–Crippen LogP) is 0.696. The Hall–Kier alpha value is -2.04. The van der Waals surface area contributed by atoms with Crippen LogP contribution in [-0.4, -0.2) is 52.9 Å². The van der Waals surface area contributed by atoms with Crippen LogP contribution in [0.3, 0.4) is 0 Å². The quantitative estimate of drug-likeness (QED) is 0.795. The Balaban J connectivity index is 2.02. The topological polar surface area (TPSA) is 60.9 Å². The number of hydrogen-bond donors (Lipinski definition) is 1. The van der Waals surface area contributed by atoms with Crippen LogP contribution in [0.25, 0.3) is 0 Å². The van der Waals surface area contributed by atoms with Crippen LogP contribution in [0.5, 0.6) is 5.75 Å². The van der Waals surface area contributed by atoms with Crippen molar-refractivity contribution in [2.45, 2.75) is 6.92 Å². The fourth-order valence-corrected chi connectivity index (χ4v) is 2.05. The van der Waals surface area contributed by atoms with Crippen molar-refractivity contribution in [2.24, 2.45) is 0 Å². The summed E-state index contributed by atoms with van der Waals surface area (Å²) >= 11 is 0. The number of nitrogens with zero attached hydrogens (tertiary/aromatic N) is 2. The van der Waals surface area contributed by atoms with E-state index in [0.717, 1.165) is 0 Å². The smallest absolute Gasteiger partial charge is 0.254 e. The molecular formula is C13H16N2O3. The minimum absolute atomic E-state index is 0.0412. The summed E-state index contributed by atoms with van der Waals surface area (Å²) in [5.41, 5.74) is 0.478. The van der Waals surface area contributed by atoms with Crippen LogP contribution in [0.15, 0.2) is 24.3 Å². The number of phenols is 1. The zero-order valence-corrected chi connectivity index (χ0v) is 10.3. The van der Waals surface area contributed by atoms with Gasteiger partial charge in [-0.25, -0.2) is 0 Å². The molecule has 0 aromatic heterocycles. The summed E-state index contributed by atoms with van der Waals surface area (Å²) in [5, 5.41) is 9.35. The lowest BCUT2D eigenvalue weighted by atomic mass is 10.1. The Bertz CT molecular complexity index is 465. The van der Waals surface area contributed by atoms with Crippen LogP contribution < -0.4 is 0 Å². The predicted molar refractivity (Wildman–Crippen MR) is 66.3 cm³/mol. The van der Waals surface area contributed by atoms with Crippen LogP contribution >= 0.6 is 0 Å². The molecule has 1 N–H and O–H groups in total. The third-order valence-corrected chi connectivity index (χ3v) is 3.11. The second-order valence-corrected chi connectivity index (χ2v) is 4.35. The lowest BCUT2D eigenvalue weighted by molar-refractivity contribution is -0.130. The van der Waals surface area contributed by atoms with Crippen molar-refractivity contribution < 1.29 is 14.7 Å². The zero-order chi connectivity index (χ0) is 13.1. The summed E-state index contributed by atoms with van der Waals surface area (Å²) in [7, 11) is 0. The summed E-state index contributed by atoms with van der Waals surface area (Å²) < 4.78 is 0. The van der Waals surface area contributed by atoms with Crippen molar-refractivity contribution in [3.63, 3.8) is 0 Å². The molecule has 1 aliphatic rings. The number of carbonyl (C=O) groups excluding carboxylic acids is 2. The van der Waals surface area contributed by atoms with E-state index in [1.54, 1.807) is 21.9 Å². The fraction of sp³-hybridized carbons (Fsp3) is 0.385. The van der Waals surface area contributed by atoms with E-state index >= 15 is 0 Å². The van der Waals surface area contributed by atoms with Crippen molar-refractivity contribution in [1.82, 2.24) is 9.80 Å². The number of aromatic hydroxyl groups is 1. The number of hydrogen-bond acceptors (Lipinski definition) is 3. The molecule has 0 unspecified atom stereocenters. The first-order chi connectivity index (χ1) is 8.58. The Kier molecular flexibility index (Phi) is 3.50. The monoisotopic (exact) mass is 248 g/mol. The normalized spacial score (nSPS) is 15.6. The molecule has 0 spiro atoms.